The molecule has 0 bridgehead atoms. The highest BCUT2D eigenvalue weighted by molar-refractivity contribution is 5.68. The van der Waals surface area contributed by atoms with E-state index >= 15 is 0 Å². The van der Waals surface area contributed by atoms with Crippen LogP contribution >= 0.6 is 0 Å². The summed E-state index contributed by atoms with van der Waals surface area (Å²) in [5.41, 5.74) is 4.71. The van der Waals surface area contributed by atoms with Gasteiger partial charge in [0.15, 0.2) is 0 Å². The number of hydrogen-bond donors (Lipinski definition) is 2. The van der Waals surface area contributed by atoms with E-state index in [1.54, 1.807) is 18.7 Å². The number of aliphatic hydroxyl groups is 1. The largest absolute Gasteiger partial charge is 0.444 e. The number of carbonyl (C=O) groups excluding carboxylic acids is 1. The van der Waals surface area contributed by atoms with E-state index in [9.17, 15) is 9.90 Å². The van der Waals surface area contributed by atoms with Crippen LogP contribution in [0.1, 0.15) is 53.9 Å². The molecule has 1 aliphatic heterocycles. The fourth-order valence-electron chi connectivity index (χ4n) is 2.33. The molecule has 5 nitrogen and oxygen atoms in total. The number of piperidine rings is 1. The van der Waals surface area contributed by atoms with Crippen molar-refractivity contribution >= 4 is 6.09 Å². The minimum Gasteiger partial charge on any atom is -0.444 e. The molecule has 0 saturated carbocycles. The Morgan fingerprint density at radius 2 is 1.80 bits per heavy atom. The summed E-state index contributed by atoms with van der Waals surface area (Å²) in [4.78, 5) is 13.7. The van der Waals surface area contributed by atoms with Crippen LogP contribution in [0.4, 0.5) is 4.79 Å². The Hall–Kier alpha value is -0.810. The Bertz CT molecular complexity index is 323. The van der Waals surface area contributed by atoms with Gasteiger partial charge in [0.2, 0.25) is 0 Å². The van der Waals surface area contributed by atoms with Gasteiger partial charge in [0, 0.05) is 19.1 Å². The molecular weight excluding hydrogens is 256 g/mol. The topological polar surface area (TPSA) is 75.8 Å². The average molecular weight is 286 g/mol. The highest BCUT2D eigenvalue weighted by Crippen LogP contribution is 2.25. The highest BCUT2D eigenvalue weighted by atomic mass is 16.6. The van der Waals surface area contributed by atoms with E-state index in [0.717, 1.165) is 19.3 Å². The predicted octanol–water partition coefficient (Wildman–Crippen LogP) is 2.12. The number of nitrogens with two attached hydrogens (primary N) is 1. The first-order chi connectivity index (χ1) is 8.99. The lowest BCUT2D eigenvalue weighted by Gasteiger charge is -2.36. The smallest absolute Gasteiger partial charge is 0.410 e. The maximum atomic E-state index is 11.9. The molecule has 1 amide bonds. The van der Waals surface area contributed by atoms with Crippen molar-refractivity contribution in [2.45, 2.75) is 71.1 Å². The van der Waals surface area contributed by atoms with Gasteiger partial charge >= 0.3 is 6.09 Å². The molecule has 0 radical (unpaired) electrons. The van der Waals surface area contributed by atoms with Gasteiger partial charge in [-0.25, -0.2) is 4.79 Å². The average Bonchev–Trinajstić information content (AvgIpc) is 2.26. The Balaban J connectivity index is 2.39. The van der Waals surface area contributed by atoms with Gasteiger partial charge in [-0.3, -0.25) is 0 Å². The summed E-state index contributed by atoms with van der Waals surface area (Å²) >= 11 is 0. The summed E-state index contributed by atoms with van der Waals surface area (Å²) in [6.45, 7) is 10.5. The molecule has 1 aliphatic rings. The fraction of sp³-hybridized carbons (Fsp3) is 0.933. The molecule has 1 atom stereocenters. The van der Waals surface area contributed by atoms with Gasteiger partial charge < -0.3 is 20.5 Å². The fourth-order valence-corrected chi connectivity index (χ4v) is 2.33. The SMILES string of the molecule is CC(C)(C)OC(=O)N1CCC(CC(N)C(C)(C)O)CC1. The van der Waals surface area contributed by atoms with Crippen LogP contribution in [0.3, 0.4) is 0 Å². The minimum atomic E-state index is -0.845. The van der Waals surface area contributed by atoms with Crippen molar-refractivity contribution in [3.63, 3.8) is 0 Å². The molecule has 3 N–H and O–H groups in total. The molecule has 1 saturated heterocycles. The Kier molecular flexibility index (Phi) is 5.44. The summed E-state index contributed by atoms with van der Waals surface area (Å²) in [5, 5.41) is 9.88. The normalized spacial score (nSPS) is 19.9. The van der Waals surface area contributed by atoms with Crippen LogP contribution in [0.15, 0.2) is 0 Å². The van der Waals surface area contributed by atoms with Crippen LogP contribution in [-0.4, -0.2) is 46.4 Å². The maximum Gasteiger partial charge on any atom is 0.410 e. The summed E-state index contributed by atoms with van der Waals surface area (Å²) in [5.74, 6) is 0.468. The molecule has 0 aliphatic carbocycles. The zero-order valence-corrected chi connectivity index (χ0v) is 13.5. The first kappa shape index (κ1) is 17.2. The van der Waals surface area contributed by atoms with Crippen molar-refractivity contribution in [2.75, 3.05) is 13.1 Å². The van der Waals surface area contributed by atoms with Crippen molar-refractivity contribution in [3.8, 4) is 0 Å². The zero-order valence-electron chi connectivity index (χ0n) is 13.5. The summed E-state index contributed by atoms with van der Waals surface area (Å²) in [6, 6.07) is -0.222. The quantitative estimate of drug-likeness (QED) is 0.833. The molecule has 5 heteroatoms. The van der Waals surface area contributed by atoms with E-state index in [0.29, 0.717) is 19.0 Å². The van der Waals surface area contributed by atoms with E-state index in [4.69, 9.17) is 10.5 Å². The van der Waals surface area contributed by atoms with E-state index < -0.39 is 11.2 Å². The van der Waals surface area contributed by atoms with Gasteiger partial charge in [-0.1, -0.05) is 0 Å². The molecule has 0 aromatic heterocycles. The monoisotopic (exact) mass is 286 g/mol. The predicted molar refractivity (Wildman–Crippen MR) is 79.4 cm³/mol. The Morgan fingerprint density at radius 1 is 1.30 bits per heavy atom. The minimum absolute atomic E-state index is 0.222. The van der Waals surface area contributed by atoms with Crippen molar-refractivity contribution in [3.05, 3.63) is 0 Å². The summed E-state index contributed by atoms with van der Waals surface area (Å²) < 4.78 is 5.37. The number of hydrogen-bond acceptors (Lipinski definition) is 4. The van der Waals surface area contributed by atoms with Crippen molar-refractivity contribution < 1.29 is 14.6 Å². The Morgan fingerprint density at radius 3 is 2.20 bits per heavy atom. The number of amides is 1. The van der Waals surface area contributed by atoms with Crippen LogP contribution in [0.5, 0.6) is 0 Å². The van der Waals surface area contributed by atoms with E-state index in [2.05, 4.69) is 0 Å². The van der Waals surface area contributed by atoms with Gasteiger partial charge in [0.05, 0.1) is 5.60 Å². The van der Waals surface area contributed by atoms with Gasteiger partial charge in [-0.05, 0) is 59.8 Å². The third-order valence-corrected chi connectivity index (χ3v) is 3.76. The summed E-state index contributed by atoms with van der Waals surface area (Å²) in [6.07, 6.45) is 2.40. The molecule has 1 rings (SSSR count). The van der Waals surface area contributed by atoms with Gasteiger partial charge in [-0.2, -0.15) is 0 Å². The lowest BCUT2D eigenvalue weighted by Crippen LogP contribution is -2.46. The third-order valence-electron chi connectivity index (χ3n) is 3.76. The number of nitrogens with zero attached hydrogens (tertiary/aromatic N) is 1. The number of ether oxygens (including phenoxy) is 1. The molecule has 0 aromatic carbocycles. The van der Waals surface area contributed by atoms with Crippen LogP contribution in [0.25, 0.3) is 0 Å². The van der Waals surface area contributed by atoms with Crippen LogP contribution in [0, 0.1) is 5.92 Å². The maximum absolute atomic E-state index is 11.9. The van der Waals surface area contributed by atoms with Gasteiger partial charge in [0.25, 0.3) is 0 Å². The highest BCUT2D eigenvalue weighted by Gasteiger charge is 2.30. The second kappa shape index (κ2) is 6.31. The third kappa shape index (κ3) is 5.67. The second-order valence-corrected chi connectivity index (χ2v) is 7.41. The van der Waals surface area contributed by atoms with Crippen molar-refractivity contribution in [2.24, 2.45) is 11.7 Å². The van der Waals surface area contributed by atoms with E-state index in [1.807, 2.05) is 20.8 Å². The van der Waals surface area contributed by atoms with Gasteiger partial charge in [-0.15, -0.1) is 0 Å². The van der Waals surface area contributed by atoms with Crippen LogP contribution in [0.2, 0.25) is 0 Å². The number of rotatable bonds is 3. The van der Waals surface area contributed by atoms with E-state index in [1.165, 1.54) is 0 Å². The molecule has 1 heterocycles. The molecule has 0 spiro atoms. The van der Waals surface area contributed by atoms with Crippen molar-refractivity contribution in [1.29, 1.82) is 0 Å². The first-order valence-electron chi connectivity index (χ1n) is 7.45. The molecule has 1 fully saturated rings. The summed E-state index contributed by atoms with van der Waals surface area (Å²) in [7, 11) is 0. The Labute approximate surface area is 122 Å². The van der Waals surface area contributed by atoms with Gasteiger partial charge in [0.1, 0.15) is 5.60 Å². The molecular formula is C15H30N2O3. The molecule has 20 heavy (non-hydrogen) atoms. The van der Waals surface area contributed by atoms with E-state index in [-0.39, 0.29) is 12.1 Å². The molecule has 0 aromatic rings. The molecule has 1 unspecified atom stereocenters. The number of likely N-dealkylation sites (tertiary alicyclic amines) is 1. The first-order valence-corrected chi connectivity index (χ1v) is 7.45. The molecule has 118 valence electrons. The number of carbonyl (C=O) groups is 1. The lowest BCUT2D eigenvalue weighted by molar-refractivity contribution is 0.0132. The van der Waals surface area contributed by atoms with Crippen LogP contribution < -0.4 is 5.73 Å². The standard InChI is InChI=1S/C15H30N2O3/c1-14(2,3)20-13(18)17-8-6-11(7-9-17)10-12(16)15(4,5)19/h11-12,19H,6-10,16H2,1-5H3. The second-order valence-electron chi connectivity index (χ2n) is 7.41. The zero-order chi connectivity index (χ0) is 15.6. The van der Waals surface area contributed by atoms with Crippen molar-refractivity contribution in [1.82, 2.24) is 4.90 Å². The lowest BCUT2D eigenvalue weighted by atomic mass is 9.85. The van der Waals surface area contributed by atoms with Crippen LogP contribution in [-0.2, 0) is 4.74 Å².